The molecule has 18 heavy (non-hydrogen) atoms. The van der Waals surface area contributed by atoms with Gasteiger partial charge in [-0.2, -0.15) is 0 Å². The zero-order valence-electron chi connectivity index (χ0n) is 9.72. The third kappa shape index (κ3) is 2.59. The lowest BCUT2D eigenvalue weighted by Gasteiger charge is -2.26. The highest BCUT2D eigenvalue weighted by Gasteiger charge is 2.23. The molecular formula is C12H13NO4S. The van der Waals surface area contributed by atoms with E-state index in [0.717, 1.165) is 16.7 Å². The number of carbonyl (C=O) groups excluding carboxylic acids is 2. The van der Waals surface area contributed by atoms with E-state index in [1.165, 1.54) is 11.3 Å². The number of carboxylic acid groups (broad SMARTS) is 1. The summed E-state index contributed by atoms with van der Waals surface area (Å²) in [6, 6.07) is 1.64. The first-order chi connectivity index (χ1) is 8.61. The van der Waals surface area contributed by atoms with Crippen molar-refractivity contribution in [1.29, 1.82) is 0 Å². The topological polar surface area (TPSA) is 74.7 Å². The summed E-state index contributed by atoms with van der Waals surface area (Å²) in [5.41, 5.74) is 0.920. The van der Waals surface area contributed by atoms with Crippen molar-refractivity contribution in [2.24, 2.45) is 0 Å². The Kier molecular flexibility index (Phi) is 3.76. The normalized spacial score (nSPS) is 14.1. The van der Waals surface area contributed by atoms with Crippen LogP contribution in [0.2, 0.25) is 0 Å². The van der Waals surface area contributed by atoms with E-state index in [1.807, 2.05) is 0 Å². The van der Waals surface area contributed by atoms with Crippen LogP contribution in [0, 0.1) is 0 Å². The van der Waals surface area contributed by atoms with Crippen LogP contribution in [0.15, 0.2) is 6.07 Å². The van der Waals surface area contributed by atoms with Gasteiger partial charge in [0.05, 0.1) is 0 Å². The molecule has 1 aliphatic rings. The summed E-state index contributed by atoms with van der Waals surface area (Å²) >= 11 is 1.28. The number of carboxylic acids is 1. The maximum atomic E-state index is 11.8. The van der Waals surface area contributed by atoms with Crippen LogP contribution >= 0.6 is 11.3 Å². The van der Waals surface area contributed by atoms with Crippen molar-refractivity contribution < 1.29 is 19.5 Å². The molecule has 0 aliphatic carbocycles. The molecular weight excluding hydrogens is 254 g/mol. The van der Waals surface area contributed by atoms with Crippen LogP contribution in [-0.2, 0) is 22.6 Å². The standard InChI is InChI=1S/C12H13NO4S/c14-5-1-2-11(15)13-4-3-9-8(7-13)6-10(18-9)12(16)17/h5-6H,1-4,7H2,(H,16,17). The number of rotatable bonds is 4. The summed E-state index contributed by atoms with van der Waals surface area (Å²) in [4.78, 5) is 35.9. The number of aromatic carboxylic acids is 1. The Labute approximate surface area is 108 Å². The Balaban J connectivity index is 2.07. The average molecular weight is 267 g/mol. The highest BCUT2D eigenvalue weighted by Crippen LogP contribution is 2.28. The van der Waals surface area contributed by atoms with Crippen LogP contribution in [-0.4, -0.2) is 34.7 Å². The molecule has 0 aromatic carbocycles. The highest BCUT2D eigenvalue weighted by atomic mass is 32.1. The van der Waals surface area contributed by atoms with Gasteiger partial charge in [0.1, 0.15) is 11.2 Å². The van der Waals surface area contributed by atoms with Gasteiger partial charge in [0.25, 0.3) is 0 Å². The van der Waals surface area contributed by atoms with Crippen molar-refractivity contribution in [3.8, 4) is 0 Å². The number of hydrogen-bond acceptors (Lipinski definition) is 4. The maximum Gasteiger partial charge on any atom is 0.345 e. The molecule has 0 fully saturated rings. The minimum absolute atomic E-state index is 0.0455. The monoisotopic (exact) mass is 267 g/mol. The fourth-order valence-electron chi connectivity index (χ4n) is 1.99. The summed E-state index contributed by atoms with van der Waals surface area (Å²) in [6.45, 7) is 1.06. The smallest absolute Gasteiger partial charge is 0.345 e. The van der Waals surface area contributed by atoms with Crippen molar-refractivity contribution in [2.45, 2.75) is 25.8 Å². The lowest BCUT2D eigenvalue weighted by Crippen LogP contribution is -2.35. The number of amides is 1. The van der Waals surface area contributed by atoms with Gasteiger partial charge in [0, 0.05) is 30.8 Å². The predicted octanol–water partition coefficient (Wildman–Crippen LogP) is 1.31. The zero-order valence-corrected chi connectivity index (χ0v) is 10.5. The third-order valence-electron chi connectivity index (χ3n) is 2.91. The second-order valence-electron chi connectivity index (χ2n) is 4.13. The van der Waals surface area contributed by atoms with E-state index in [1.54, 1.807) is 11.0 Å². The molecule has 0 atom stereocenters. The molecule has 0 spiro atoms. The van der Waals surface area contributed by atoms with E-state index in [2.05, 4.69) is 0 Å². The molecule has 0 radical (unpaired) electrons. The second-order valence-corrected chi connectivity index (χ2v) is 5.27. The summed E-state index contributed by atoms with van der Waals surface area (Å²) in [5.74, 6) is -0.968. The first kappa shape index (κ1) is 12.8. The van der Waals surface area contributed by atoms with Crippen LogP contribution in [0.5, 0.6) is 0 Å². The van der Waals surface area contributed by atoms with Crippen molar-refractivity contribution in [1.82, 2.24) is 4.90 Å². The number of aldehydes is 1. The first-order valence-electron chi connectivity index (χ1n) is 5.68. The molecule has 0 unspecified atom stereocenters. The number of thiophene rings is 1. The highest BCUT2D eigenvalue weighted by molar-refractivity contribution is 7.14. The van der Waals surface area contributed by atoms with Gasteiger partial charge in [-0.1, -0.05) is 0 Å². The molecule has 0 saturated heterocycles. The Morgan fingerprint density at radius 3 is 2.94 bits per heavy atom. The molecule has 1 aliphatic heterocycles. The van der Waals surface area contributed by atoms with Crippen LogP contribution in [0.1, 0.15) is 33.0 Å². The molecule has 6 heteroatoms. The van der Waals surface area contributed by atoms with Gasteiger partial charge in [-0.15, -0.1) is 11.3 Å². The van der Waals surface area contributed by atoms with Crippen molar-refractivity contribution in [3.63, 3.8) is 0 Å². The summed E-state index contributed by atoms with van der Waals surface area (Å²) in [6.07, 6.45) is 1.90. The van der Waals surface area contributed by atoms with Gasteiger partial charge in [-0.3, -0.25) is 4.79 Å². The van der Waals surface area contributed by atoms with Gasteiger partial charge in [-0.25, -0.2) is 4.79 Å². The van der Waals surface area contributed by atoms with Gasteiger partial charge in [0.15, 0.2) is 0 Å². The van der Waals surface area contributed by atoms with E-state index in [-0.39, 0.29) is 18.7 Å². The Hall–Kier alpha value is -1.69. The SMILES string of the molecule is O=CCCC(=O)N1CCc2sc(C(=O)O)cc2C1. The minimum atomic E-state index is -0.923. The van der Waals surface area contributed by atoms with Crippen molar-refractivity contribution >= 4 is 29.5 Å². The molecule has 2 heterocycles. The second kappa shape index (κ2) is 5.30. The maximum absolute atomic E-state index is 11.8. The molecule has 2 rings (SSSR count). The molecule has 0 bridgehead atoms. The molecule has 1 aromatic heterocycles. The van der Waals surface area contributed by atoms with Crippen LogP contribution in [0.25, 0.3) is 0 Å². The Morgan fingerprint density at radius 2 is 2.28 bits per heavy atom. The van der Waals surface area contributed by atoms with E-state index in [4.69, 9.17) is 5.11 Å². The van der Waals surface area contributed by atoms with Gasteiger partial charge in [0.2, 0.25) is 5.91 Å². The van der Waals surface area contributed by atoms with Crippen molar-refractivity contribution in [3.05, 3.63) is 21.4 Å². The third-order valence-corrected chi connectivity index (χ3v) is 4.13. The Bertz CT molecular complexity index is 494. The predicted molar refractivity (Wildman–Crippen MR) is 65.7 cm³/mol. The average Bonchev–Trinajstić information content (AvgIpc) is 2.78. The molecule has 1 amide bonds. The van der Waals surface area contributed by atoms with E-state index >= 15 is 0 Å². The van der Waals surface area contributed by atoms with E-state index in [0.29, 0.717) is 24.4 Å². The molecule has 5 nitrogen and oxygen atoms in total. The number of carbonyl (C=O) groups is 3. The summed E-state index contributed by atoms with van der Waals surface area (Å²) in [5, 5.41) is 8.92. The van der Waals surface area contributed by atoms with E-state index in [9.17, 15) is 14.4 Å². The largest absolute Gasteiger partial charge is 0.477 e. The lowest BCUT2D eigenvalue weighted by molar-refractivity contribution is -0.133. The van der Waals surface area contributed by atoms with Crippen LogP contribution in [0.3, 0.4) is 0 Å². The van der Waals surface area contributed by atoms with Crippen LogP contribution in [0.4, 0.5) is 0 Å². The minimum Gasteiger partial charge on any atom is -0.477 e. The molecule has 96 valence electrons. The zero-order chi connectivity index (χ0) is 13.1. The number of fused-ring (bicyclic) bond motifs is 1. The Morgan fingerprint density at radius 1 is 1.50 bits per heavy atom. The summed E-state index contributed by atoms with van der Waals surface area (Å²) in [7, 11) is 0. The van der Waals surface area contributed by atoms with Gasteiger partial charge >= 0.3 is 5.97 Å². The number of nitrogens with zero attached hydrogens (tertiary/aromatic N) is 1. The lowest BCUT2D eigenvalue weighted by atomic mass is 10.1. The van der Waals surface area contributed by atoms with E-state index < -0.39 is 5.97 Å². The van der Waals surface area contributed by atoms with Crippen molar-refractivity contribution in [2.75, 3.05) is 6.54 Å². The molecule has 0 saturated carbocycles. The fourth-order valence-corrected chi connectivity index (χ4v) is 2.99. The van der Waals surface area contributed by atoms with Gasteiger partial charge < -0.3 is 14.8 Å². The van der Waals surface area contributed by atoms with Crippen LogP contribution < -0.4 is 0 Å². The fraction of sp³-hybridized carbons (Fsp3) is 0.417. The first-order valence-corrected chi connectivity index (χ1v) is 6.49. The molecule has 1 N–H and O–H groups in total. The molecule has 1 aromatic rings. The van der Waals surface area contributed by atoms with Gasteiger partial charge in [-0.05, 0) is 18.1 Å². The number of hydrogen-bond donors (Lipinski definition) is 1. The summed E-state index contributed by atoms with van der Waals surface area (Å²) < 4.78 is 0. The quantitative estimate of drug-likeness (QED) is 0.835.